The Morgan fingerprint density at radius 1 is 1.45 bits per heavy atom. The van der Waals surface area contributed by atoms with Gasteiger partial charge in [0.15, 0.2) is 5.13 Å². The predicted molar refractivity (Wildman–Crippen MR) is 78.5 cm³/mol. The maximum atomic E-state index is 12.1. The van der Waals surface area contributed by atoms with Crippen LogP contribution in [0.25, 0.3) is 0 Å². The van der Waals surface area contributed by atoms with Crippen molar-refractivity contribution in [3.8, 4) is 0 Å². The summed E-state index contributed by atoms with van der Waals surface area (Å²) in [6.45, 7) is 3.38. The fraction of sp³-hybridized carbons (Fsp3) is 0.615. The molecule has 2 amide bonds. The highest BCUT2D eigenvalue weighted by Gasteiger charge is 2.25. The van der Waals surface area contributed by atoms with Crippen LogP contribution in [0.5, 0.6) is 0 Å². The third kappa shape index (κ3) is 3.69. The number of nitrogens with zero attached hydrogens (tertiary/aromatic N) is 2. The maximum absolute atomic E-state index is 12.1. The third-order valence-electron chi connectivity index (χ3n) is 3.52. The second-order valence-electron chi connectivity index (χ2n) is 4.89. The Morgan fingerprint density at radius 3 is 2.70 bits per heavy atom. The second kappa shape index (κ2) is 6.69. The molecule has 1 saturated heterocycles. The van der Waals surface area contributed by atoms with E-state index < -0.39 is 0 Å². The van der Waals surface area contributed by atoms with Gasteiger partial charge in [0.2, 0.25) is 11.8 Å². The van der Waals surface area contributed by atoms with Crippen LogP contribution in [0.1, 0.15) is 25.5 Å². The standard InChI is InChI=1S/C13H20N4O2S/c1-9(18)17-5-3-10(4-6-17)12(19)15-7-11-8-20-13(14-2)16-11/h8,10H,3-7H2,1-2H3,(H,14,16)(H,15,19). The van der Waals surface area contributed by atoms with E-state index in [1.165, 1.54) is 11.3 Å². The van der Waals surface area contributed by atoms with Crippen LogP contribution in [0.2, 0.25) is 0 Å². The van der Waals surface area contributed by atoms with Crippen LogP contribution in [0.3, 0.4) is 0 Å². The zero-order valence-corrected chi connectivity index (χ0v) is 12.6. The van der Waals surface area contributed by atoms with Crippen molar-refractivity contribution in [1.29, 1.82) is 0 Å². The summed E-state index contributed by atoms with van der Waals surface area (Å²) >= 11 is 1.52. The fourth-order valence-corrected chi connectivity index (χ4v) is 2.95. The Kier molecular flexibility index (Phi) is 4.94. The molecule has 0 atom stereocenters. The Balaban J connectivity index is 1.77. The van der Waals surface area contributed by atoms with Gasteiger partial charge in [0.25, 0.3) is 0 Å². The Labute approximate surface area is 122 Å². The largest absolute Gasteiger partial charge is 0.365 e. The summed E-state index contributed by atoms with van der Waals surface area (Å²) < 4.78 is 0. The zero-order valence-electron chi connectivity index (χ0n) is 11.8. The molecule has 0 aromatic carbocycles. The van der Waals surface area contributed by atoms with Gasteiger partial charge in [-0.1, -0.05) is 0 Å². The smallest absolute Gasteiger partial charge is 0.223 e. The number of rotatable bonds is 4. The predicted octanol–water partition coefficient (Wildman–Crippen LogP) is 1.06. The van der Waals surface area contributed by atoms with Gasteiger partial charge < -0.3 is 15.5 Å². The quantitative estimate of drug-likeness (QED) is 0.871. The van der Waals surface area contributed by atoms with E-state index in [4.69, 9.17) is 0 Å². The third-order valence-corrected chi connectivity index (χ3v) is 4.43. The first-order valence-electron chi connectivity index (χ1n) is 6.75. The summed E-state index contributed by atoms with van der Waals surface area (Å²) in [7, 11) is 1.82. The molecule has 2 rings (SSSR count). The summed E-state index contributed by atoms with van der Waals surface area (Å²) in [4.78, 5) is 29.4. The average molecular weight is 296 g/mol. The van der Waals surface area contributed by atoms with Crippen molar-refractivity contribution >= 4 is 28.3 Å². The molecule has 0 unspecified atom stereocenters. The number of likely N-dealkylation sites (tertiary alicyclic amines) is 1. The summed E-state index contributed by atoms with van der Waals surface area (Å²) in [6, 6.07) is 0. The highest BCUT2D eigenvalue weighted by molar-refractivity contribution is 7.13. The van der Waals surface area contributed by atoms with Gasteiger partial charge in [-0.25, -0.2) is 4.98 Å². The summed E-state index contributed by atoms with van der Waals surface area (Å²) in [5.74, 6) is 0.158. The molecule has 2 heterocycles. The van der Waals surface area contributed by atoms with Crippen molar-refractivity contribution < 1.29 is 9.59 Å². The van der Waals surface area contributed by atoms with Crippen molar-refractivity contribution in [2.24, 2.45) is 5.92 Å². The molecule has 2 N–H and O–H groups in total. The number of piperidine rings is 1. The second-order valence-corrected chi connectivity index (χ2v) is 5.75. The number of nitrogens with one attached hydrogen (secondary N) is 2. The molecule has 1 fully saturated rings. The van der Waals surface area contributed by atoms with Gasteiger partial charge in [0.1, 0.15) is 0 Å². The number of carbonyl (C=O) groups excluding carboxylic acids is 2. The minimum absolute atomic E-state index is 0.00741. The average Bonchev–Trinajstić information content (AvgIpc) is 2.93. The molecule has 20 heavy (non-hydrogen) atoms. The van der Waals surface area contributed by atoms with Crippen LogP contribution in [0.4, 0.5) is 5.13 Å². The van der Waals surface area contributed by atoms with Crippen molar-refractivity contribution in [3.63, 3.8) is 0 Å². The van der Waals surface area contributed by atoms with E-state index in [1.807, 2.05) is 12.4 Å². The van der Waals surface area contributed by atoms with Gasteiger partial charge >= 0.3 is 0 Å². The van der Waals surface area contributed by atoms with Gasteiger partial charge in [-0.2, -0.15) is 0 Å². The minimum Gasteiger partial charge on any atom is -0.365 e. The van der Waals surface area contributed by atoms with E-state index >= 15 is 0 Å². The summed E-state index contributed by atoms with van der Waals surface area (Å²) in [6.07, 6.45) is 1.48. The van der Waals surface area contributed by atoms with Crippen molar-refractivity contribution in [2.75, 3.05) is 25.5 Å². The van der Waals surface area contributed by atoms with Crippen LogP contribution < -0.4 is 10.6 Å². The Hall–Kier alpha value is -1.63. The number of carbonyl (C=O) groups is 2. The number of hydrogen-bond donors (Lipinski definition) is 2. The van der Waals surface area contributed by atoms with E-state index in [1.54, 1.807) is 11.8 Å². The molecule has 7 heteroatoms. The monoisotopic (exact) mass is 296 g/mol. The van der Waals surface area contributed by atoms with Crippen molar-refractivity contribution in [2.45, 2.75) is 26.3 Å². The maximum Gasteiger partial charge on any atom is 0.223 e. The van der Waals surface area contributed by atoms with Gasteiger partial charge in [0, 0.05) is 38.4 Å². The molecule has 0 spiro atoms. The SMILES string of the molecule is CNc1nc(CNC(=O)C2CCN(C(C)=O)CC2)cs1. The van der Waals surface area contributed by atoms with Gasteiger partial charge in [-0.15, -0.1) is 11.3 Å². The van der Waals surface area contributed by atoms with Crippen LogP contribution in [-0.4, -0.2) is 41.8 Å². The van der Waals surface area contributed by atoms with E-state index in [0.717, 1.165) is 23.7 Å². The number of amides is 2. The minimum atomic E-state index is 0.00741. The number of hydrogen-bond acceptors (Lipinski definition) is 5. The van der Waals surface area contributed by atoms with E-state index in [2.05, 4.69) is 15.6 Å². The molecule has 1 aliphatic heterocycles. The molecule has 0 bridgehead atoms. The number of anilines is 1. The van der Waals surface area contributed by atoms with Crippen LogP contribution in [0.15, 0.2) is 5.38 Å². The molecule has 110 valence electrons. The molecule has 0 saturated carbocycles. The van der Waals surface area contributed by atoms with Crippen molar-refractivity contribution in [1.82, 2.24) is 15.2 Å². The Morgan fingerprint density at radius 2 is 2.15 bits per heavy atom. The zero-order chi connectivity index (χ0) is 14.5. The summed E-state index contributed by atoms with van der Waals surface area (Å²) in [5.41, 5.74) is 0.869. The molecular weight excluding hydrogens is 276 g/mol. The lowest BCUT2D eigenvalue weighted by atomic mass is 9.96. The van der Waals surface area contributed by atoms with Gasteiger partial charge in [-0.3, -0.25) is 9.59 Å². The van der Waals surface area contributed by atoms with Gasteiger partial charge in [-0.05, 0) is 12.8 Å². The highest BCUT2D eigenvalue weighted by atomic mass is 32.1. The van der Waals surface area contributed by atoms with E-state index in [-0.39, 0.29) is 17.7 Å². The lowest BCUT2D eigenvalue weighted by molar-refractivity contribution is -0.134. The van der Waals surface area contributed by atoms with Crippen LogP contribution in [0, 0.1) is 5.92 Å². The fourth-order valence-electron chi connectivity index (χ4n) is 2.28. The van der Waals surface area contributed by atoms with Crippen molar-refractivity contribution in [3.05, 3.63) is 11.1 Å². The molecule has 1 aromatic heterocycles. The summed E-state index contributed by atoms with van der Waals surface area (Å²) in [5, 5.41) is 8.68. The Bertz CT molecular complexity index is 480. The first-order valence-corrected chi connectivity index (χ1v) is 7.63. The molecule has 6 nitrogen and oxygen atoms in total. The van der Waals surface area contributed by atoms with Crippen LogP contribution in [-0.2, 0) is 16.1 Å². The molecule has 0 aliphatic carbocycles. The first kappa shape index (κ1) is 14.8. The first-order chi connectivity index (χ1) is 9.60. The molecule has 1 aromatic rings. The normalized spacial score (nSPS) is 16.0. The number of aromatic nitrogens is 1. The van der Waals surface area contributed by atoms with E-state index in [9.17, 15) is 9.59 Å². The number of thiazole rings is 1. The molecular formula is C13H20N4O2S. The topological polar surface area (TPSA) is 74.3 Å². The molecule has 1 aliphatic rings. The van der Waals surface area contributed by atoms with Gasteiger partial charge in [0.05, 0.1) is 12.2 Å². The lowest BCUT2D eigenvalue weighted by Crippen LogP contribution is -2.42. The lowest BCUT2D eigenvalue weighted by Gasteiger charge is -2.30. The molecule has 0 radical (unpaired) electrons. The highest BCUT2D eigenvalue weighted by Crippen LogP contribution is 2.18. The van der Waals surface area contributed by atoms with E-state index in [0.29, 0.717) is 19.6 Å². The van der Waals surface area contributed by atoms with Crippen LogP contribution >= 0.6 is 11.3 Å².